The summed E-state index contributed by atoms with van der Waals surface area (Å²) in [4.78, 5) is 38.9. The molecule has 3 aliphatic rings. The van der Waals surface area contributed by atoms with E-state index in [1.165, 1.54) is 0 Å². The van der Waals surface area contributed by atoms with E-state index in [-0.39, 0.29) is 35.5 Å². The van der Waals surface area contributed by atoms with Crippen LogP contribution in [0.15, 0.2) is 36.9 Å². The SMILES string of the molecule is C=C[C@]1(C)C[C@@H](OC(=O)CNC(=O)Nc2ccccc2Cl)[C@]2(C)[C@H](C)CC[C@]3(CCC(=O)[C@H]32)[C@@H](C)[C@@H]1O. The highest BCUT2D eigenvalue weighted by Gasteiger charge is 2.68. The third kappa shape index (κ3) is 4.59. The van der Waals surface area contributed by atoms with Gasteiger partial charge >= 0.3 is 12.0 Å². The number of para-hydroxylation sites is 1. The maximum atomic E-state index is 13.4. The van der Waals surface area contributed by atoms with Crippen LogP contribution in [0.1, 0.15) is 59.8 Å². The van der Waals surface area contributed by atoms with Crippen LogP contribution in [0.2, 0.25) is 5.02 Å². The fourth-order valence-corrected chi connectivity index (χ4v) is 7.77. The minimum Gasteiger partial charge on any atom is -0.460 e. The van der Waals surface area contributed by atoms with E-state index in [1.54, 1.807) is 30.3 Å². The maximum Gasteiger partial charge on any atom is 0.325 e. The van der Waals surface area contributed by atoms with E-state index in [2.05, 4.69) is 38.0 Å². The predicted octanol–water partition coefficient (Wildman–Crippen LogP) is 5.37. The first-order chi connectivity index (χ1) is 17.4. The highest BCUT2D eigenvalue weighted by molar-refractivity contribution is 6.33. The van der Waals surface area contributed by atoms with Gasteiger partial charge in [0.25, 0.3) is 0 Å². The van der Waals surface area contributed by atoms with Crippen LogP contribution >= 0.6 is 11.6 Å². The fraction of sp³-hybridized carbons (Fsp3) is 0.621. The summed E-state index contributed by atoms with van der Waals surface area (Å²) in [5.74, 6) is -0.640. The Morgan fingerprint density at radius 3 is 2.62 bits per heavy atom. The molecule has 0 spiro atoms. The number of ketones is 1. The molecule has 0 heterocycles. The molecule has 202 valence electrons. The zero-order valence-electron chi connectivity index (χ0n) is 22.2. The lowest BCUT2D eigenvalue weighted by molar-refractivity contribution is -0.206. The van der Waals surface area contributed by atoms with Crippen molar-refractivity contribution in [2.75, 3.05) is 11.9 Å². The molecule has 3 N–H and O–H groups in total. The first kappa shape index (κ1) is 27.6. The Morgan fingerprint density at radius 2 is 1.95 bits per heavy atom. The number of Topliss-reactive ketones (excluding diaryl/α,β-unsaturated/α-hetero) is 1. The molecule has 8 heteroatoms. The molecule has 0 radical (unpaired) electrons. The number of halogens is 1. The number of hydrogen-bond donors (Lipinski definition) is 3. The van der Waals surface area contributed by atoms with Gasteiger partial charge in [-0.25, -0.2) is 4.79 Å². The van der Waals surface area contributed by atoms with Gasteiger partial charge in [-0.2, -0.15) is 0 Å². The Bertz CT molecular complexity index is 1090. The molecule has 37 heavy (non-hydrogen) atoms. The van der Waals surface area contributed by atoms with E-state index >= 15 is 0 Å². The Balaban J connectivity index is 1.58. The van der Waals surface area contributed by atoms with Gasteiger partial charge < -0.3 is 20.5 Å². The van der Waals surface area contributed by atoms with Crippen molar-refractivity contribution in [3.05, 3.63) is 41.9 Å². The Kier molecular flexibility index (Phi) is 7.52. The smallest absolute Gasteiger partial charge is 0.325 e. The Labute approximate surface area is 224 Å². The maximum absolute atomic E-state index is 13.4. The summed E-state index contributed by atoms with van der Waals surface area (Å²) in [6.07, 6.45) is 3.76. The van der Waals surface area contributed by atoms with Gasteiger partial charge in [0.05, 0.1) is 16.8 Å². The predicted molar refractivity (Wildman–Crippen MR) is 143 cm³/mol. The van der Waals surface area contributed by atoms with Crippen molar-refractivity contribution in [1.29, 1.82) is 0 Å². The number of amides is 2. The molecule has 4 rings (SSSR count). The molecular formula is C29H39ClN2O5. The lowest BCUT2D eigenvalue weighted by Crippen LogP contribution is -2.63. The molecule has 3 saturated carbocycles. The van der Waals surface area contributed by atoms with Crippen molar-refractivity contribution in [2.24, 2.45) is 34.0 Å². The number of nitrogens with one attached hydrogen (secondary N) is 2. The van der Waals surface area contributed by atoms with Crippen LogP contribution in [0.4, 0.5) is 10.5 Å². The number of urea groups is 1. The summed E-state index contributed by atoms with van der Waals surface area (Å²) in [6, 6.07) is 6.23. The van der Waals surface area contributed by atoms with Gasteiger partial charge in [0, 0.05) is 23.2 Å². The van der Waals surface area contributed by atoms with E-state index in [9.17, 15) is 19.5 Å². The summed E-state index contributed by atoms with van der Waals surface area (Å²) in [5.41, 5.74) is -1.21. The number of esters is 1. The minimum atomic E-state index is -0.725. The number of benzene rings is 1. The third-order valence-corrected chi connectivity index (χ3v) is 10.4. The van der Waals surface area contributed by atoms with Crippen LogP contribution in [0, 0.1) is 34.0 Å². The van der Waals surface area contributed by atoms with E-state index in [1.807, 2.05) is 6.92 Å². The van der Waals surface area contributed by atoms with Gasteiger partial charge in [0.1, 0.15) is 18.4 Å². The summed E-state index contributed by atoms with van der Waals surface area (Å²) < 4.78 is 6.13. The zero-order valence-corrected chi connectivity index (χ0v) is 22.9. The number of aliphatic hydroxyl groups excluding tert-OH is 1. The number of ether oxygens (including phenoxy) is 1. The minimum absolute atomic E-state index is 0.0920. The fourth-order valence-electron chi connectivity index (χ4n) is 7.58. The Hall–Kier alpha value is -2.38. The van der Waals surface area contributed by atoms with E-state index in [0.29, 0.717) is 23.6 Å². The molecular weight excluding hydrogens is 492 g/mol. The molecule has 2 amide bonds. The summed E-state index contributed by atoms with van der Waals surface area (Å²) >= 11 is 6.09. The molecule has 3 aliphatic carbocycles. The van der Waals surface area contributed by atoms with Crippen molar-refractivity contribution >= 4 is 35.1 Å². The second kappa shape index (κ2) is 10.1. The van der Waals surface area contributed by atoms with Gasteiger partial charge in [-0.3, -0.25) is 9.59 Å². The first-order valence-corrected chi connectivity index (χ1v) is 13.6. The summed E-state index contributed by atoms with van der Waals surface area (Å²) in [5, 5.41) is 17.1. The van der Waals surface area contributed by atoms with Crippen molar-refractivity contribution in [1.82, 2.24) is 5.32 Å². The van der Waals surface area contributed by atoms with Gasteiger partial charge in [0.2, 0.25) is 0 Å². The normalized spacial score (nSPS) is 39.1. The Morgan fingerprint density at radius 1 is 1.24 bits per heavy atom. The van der Waals surface area contributed by atoms with Crippen molar-refractivity contribution in [3.63, 3.8) is 0 Å². The number of carbonyl (C=O) groups is 3. The van der Waals surface area contributed by atoms with E-state index in [0.717, 1.165) is 19.3 Å². The average Bonchev–Trinajstić information content (AvgIpc) is 3.22. The number of carbonyl (C=O) groups excluding carboxylic acids is 3. The third-order valence-electron chi connectivity index (χ3n) is 10.1. The molecule has 0 aromatic heterocycles. The van der Waals surface area contributed by atoms with Crippen LogP contribution < -0.4 is 10.6 Å². The zero-order chi connectivity index (χ0) is 27.2. The van der Waals surface area contributed by atoms with Crippen molar-refractivity contribution in [3.8, 4) is 0 Å². The molecule has 0 saturated heterocycles. The quantitative estimate of drug-likeness (QED) is 0.351. The standard InChI is InChI=1S/C29H39ClN2O5/c1-6-27(4)15-22(37-23(34)16-31-26(36)32-20-10-8-7-9-19(20)30)28(5)17(2)11-13-29(18(3)25(27)35)14-12-21(33)24(28)29/h6-10,17-18,22,24-25,35H,1,11-16H2,2-5H3,(H2,31,32,36)/t17-,18+,22-,24+,25+,27-,28+,29+/m1/s1. The van der Waals surface area contributed by atoms with Crippen LogP contribution in [0.5, 0.6) is 0 Å². The van der Waals surface area contributed by atoms with Crippen LogP contribution in [-0.2, 0) is 14.3 Å². The van der Waals surface area contributed by atoms with Gasteiger partial charge in [-0.15, -0.1) is 6.58 Å². The topological polar surface area (TPSA) is 105 Å². The molecule has 3 fully saturated rings. The highest BCUT2D eigenvalue weighted by atomic mass is 35.5. The lowest BCUT2D eigenvalue weighted by atomic mass is 9.44. The second-order valence-electron chi connectivity index (χ2n) is 11.9. The van der Waals surface area contributed by atoms with Crippen molar-refractivity contribution < 1.29 is 24.2 Å². The van der Waals surface area contributed by atoms with E-state index in [4.69, 9.17) is 16.3 Å². The van der Waals surface area contributed by atoms with Gasteiger partial charge in [0.15, 0.2) is 0 Å². The van der Waals surface area contributed by atoms with Crippen LogP contribution in [0.25, 0.3) is 0 Å². The number of aliphatic hydroxyl groups is 1. The second-order valence-corrected chi connectivity index (χ2v) is 12.3. The largest absolute Gasteiger partial charge is 0.460 e. The molecule has 8 atom stereocenters. The lowest BCUT2D eigenvalue weighted by Gasteiger charge is -2.61. The molecule has 0 unspecified atom stereocenters. The van der Waals surface area contributed by atoms with Crippen molar-refractivity contribution in [2.45, 2.75) is 72.0 Å². The van der Waals surface area contributed by atoms with Gasteiger partial charge in [-0.1, -0.05) is 57.5 Å². The molecule has 0 aliphatic heterocycles. The highest BCUT2D eigenvalue weighted by Crippen LogP contribution is 2.67. The first-order valence-electron chi connectivity index (χ1n) is 13.2. The van der Waals surface area contributed by atoms with Crippen LogP contribution in [-0.4, -0.2) is 41.6 Å². The van der Waals surface area contributed by atoms with E-state index < -0.39 is 35.0 Å². The average molecular weight is 531 g/mol. The number of hydrogen-bond acceptors (Lipinski definition) is 5. The molecule has 1 aromatic rings. The monoisotopic (exact) mass is 530 g/mol. The number of rotatable bonds is 5. The molecule has 1 aromatic carbocycles. The molecule has 7 nitrogen and oxygen atoms in total. The number of anilines is 1. The van der Waals surface area contributed by atoms with Crippen LogP contribution in [0.3, 0.4) is 0 Å². The summed E-state index contributed by atoms with van der Waals surface area (Å²) in [6.45, 7) is 11.9. The summed E-state index contributed by atoms with van der Waals surface area (Å²) in [7, 11) is 0. The molecule has 2 bridgehead atoms. The van der Waals surface area contributed by atoms with Gasteiger partial charge in [-0.05, 0) is 55.1 Å².